The maximum atomic E-state index is 12.7. The van der Waals surface area contributed by atoms with Gasteiger partial charge in [-0.25, -0.2) is 9.59 Å². The average molecular weight is 477 g/mol. The lowest BCUT2D eigenvalue weighted by Gasteiger charge is -2.21. The fourth-order valence-corrected chi connectivity index (χ4v) is 4.60. The van der Waals surface area contributed by atoms with Gasteiger partial charge in [0.1, 0.15) is 24.5 Å². The van der Waals surface area contributed by atoms with Gasteiger partial charge < -0.3 is 23.3 Å². The Labute approximate surface area is 193 Å². The summed E-state index contributed by atoms with van der Waals surface area (Å²) in [5, 5.41) is 0. The summed E-state index contributed by atoms with van der Waals surface area (Å²) < 4.78 is 38.5. The topological polar surface area (TPSA) is 101 Å². The van der Waals surface area contributed by atoms with Crippen molar-refractivity contribution in [2.45, 2.75) is 31.3 Å². The lowest BCUT2D eigenvalue weighted by atomic mass is 10.2. The third-order valence-electron chi connectivity index (χ3n) is 5.33. The number of hydrogen-bond donors (Lipinski definition) is 0. The number of benzene rings is 2. The number of nitrogens with zero attached hydrogens (tertiary/aromatic N) is 1. The zero-order valence-electron chi connectivity index (χ0n) is 18.8. The zero-order chi connectivity index (χ0) is 23.8. The fourth-order valence-electron chi connectivity index (χ4n) is 3.54. The molecule has 0 aliphatic carbocycles. The molecule has 0 bridgehead atoms. The summed E-state index contributed by atoms with van der Waals surface area (Å²) in [4.78, 5) is 26.3. The Hall–Kier alpha value is -2.87. The number of amides is 1. The van der Waals surface area contributed by atoms with E-state index in [1.807, 2.05) is 30.3 Å². The van der Waals surface area contributed by atoms with Gasteiger partial charge in [-0.05, 0) is 23.3 Å². The van der Waals surface area contributed by atoms with Crippen LogP contribution in [-0.2, 0) is 40.6 Å². The van der Waals surface area contributed by atoms with E-state index in [2.05, 4.69) is 0 Å². The molecule has 0 spiro atoms. The number of carbonyl (C=O) groups is 2. The monoisotopic (exact) mass is 477 g/mol. The molecule has 0 aromatic heterocycles. The summed E-state index contributed by atoms with van der Waals surface area (Å²) in [6.45, 7) is 0.279. The molecule has 10 heteroatoms. The van der Waals surface area contributed by atoms with E-state index in [0.717, 1.165) is 11.1 Å². The summed E-state index contributed by atoms with van der Waals surface area (Å²) in [7, 11) is 0.797. The largest absolute Gasteiger partial charge is 0.488 e. The van der Waals surface area contributed by atoms with Crippen LogP contribution in [0.25, 0.3) is 0 Å². The van der Waals surface area contributed by atoms with Crippen molar-refractivity contribution in [3.63, 3.8) is 0 Å². The van der Waals surface area contributed by atoms with E-state index in [0.29, 0.717) is 5.75 Å². The minimum Gasteiger partial charge on any atom is -0.488 e. The van der Waals surface area contributed by atoms with E-state index < -0.39 is 31.8 Å². The van der Waals surface area contributed by atoms with Gasteiger partial charge in [-0.3, -0.25) is 9.46 Å². The number of likely N-dealkylation sites (tertiary alicyclic amines) is 1. The second-order valence-corrected chi connectivity index (χ2v) is 9.75. The Balaban J connectivity index is 1.62. The van der Waals surface area contributed by atoms with Crippen LogP contribution in [0.4, 0.5) is 4.79 Å². The van der Waals surface area contributed by atoms with Crippen molar-refractivity contribution in [2.75, 3.05) is 27.9 Å². The van der Waals surface area contributed by atoms with Crippen molar-refractivity contribution in [2.24, 2.45) is 0 Å². The van der Waals surface area contributed by atoms with Gasteiger partial charge in [-0.2, -0.15) is 0 Å². The highest BCUT2D eigenvalue weighted by Gasteiger charge is 2.42. The Morgan fingerprint density at radius 1 is 0.970 bits per heavy atom. The standard InChI is InChI=1S/C23H28NO8P/c1-28-22(25)21-13-20(14-24(21)23(26)31-15-17-7-5-4-6-8-17)32-19-11-9-18(10-12-19)16-33(27,29-2)30-3/h4-12,20-21H,13-16H2,1-3H3/t20-,21-/m0/s1. The van der Waals surface area contributed by atoms with Crippen molar-refractivity contribution in [3.05, 3.63) is 65.7 Å². The quantitative estimate of drug-likeness (QED) is 0.395. The molecular weight excluding hydrogens is 449 g/mol. The Morgan fingerprint density at radius 2 is 1.64 bits per heavy atom. The zero-order valence-corrected chi connectivity index (χ0v) is 19.7. The predicted octanol–water partition coefficient (Wildman–Crippen LogP) is 4.00. The molecular formula is C23H28NO8P. The molecule has 1 saturated heterocycles. The van der Waals surface area contributed by atoms with Crippen LogP contribution in [0.15, 0.2) is 54.6 Å². The number of rotatable bonds is 9. The molecule has 0 radical (unpaired) electrons. The first-order chi connectivity index (χ1) is 15.9. The highest BCUT2D eigenvalue weighted by Crippen LogP contribution is 2.49. The first kappa shape index (κ1) is 24.8. The van der Waals surface area contributed by atoms with Crippen molar-refractivity contribution in [3.8, 4) is 5.75 Å². The van der Waals surface area contributed by atoms with Crippen LogP contribution in [0, 0.1) is 0 Å². The van der Waals surface area contributed by atoms with Crippen molar-refractivity contribution >= 4 is 19.7 Å². The van der Waals surface area contributed by atoms with Gasteiger partial charge in [0.15, 0.2) is 0 Å². The molecule has 0 unspecified atom stereocenters. The van der Waals surface area contributed by atoms with Gasteiger partial charge >= 0.3 is 19.7 Å². The Bertz CT molecular complexity index is 974. The van der Waals surface area contributed by atoms with E-state index in [4.69, 9.17) is 23.3 Å². The van der Waals surface area contributed by atoms with Gasteiger partial charge in [0.25, 0.3) is 0 Å². The third kappa shape index (κ3) is 6.57. The summed E-state index contributed by atoms with van der Waals surface area (Å²) in [5.74, 6) is 0.0273. The lowest BCUT2D eigenvalue weighted by Crippen LogP contribution is -2.41. The third-order valence-corrected chi connectivity index (χ3v) is 7.20. The van der Waals surface area contributed by atoms with E-state index in [9.17, 15) is 14.2 Å². The van der Waals surface area contributed by atoms with Crippen LogP contribution in [-0.4, -0.2) is 57.0 Å². The molecule has 1 heterocycles. The second kappa shape index (κ2) is 11.3. The molecule has 1 amide bonds. The molecule has 2 aromatic rings. The van der Waals surface area contributed by atoms with E-state index in [-0.39, 0.29) is 25.7 Å². The Kier molecular flexibility index (Phi) is 8.49. The predicted molar refractivity (Wildman–Crippen MR) is 120 cm³/mol. The molecule has 2 aromatic carbocycles. The summed E-state index contributed by atoms with van der Waals surface area (Å²) >= 11 is 0. The molecule has 0 N–H and O–H groups in total. The maximum absolute atomic E-state index is 12.7. The van der Waals surface area contributed by atoms with Gasteiger partial charge in [0.05, 0.1) is 19.8 Å². The summed E-state index contributed by atoms with van der Waals surface area (Å²) in [6, 6.07) is 15.5. The molecule has 1 aliphatic heterocycles. The summed E-state index contributed by atoms with van der Waals surface area (Å²) in [6.07, 6.45) is -0.620. The normalized spacial score (nSPS) is 18.1. The van der Waals surface area contributed by atoms with Gasteiger partial charge in [0.2, 0.25) is 0 Å². The number of esters is 1. The second-order valence-electron chi connectivity index (χ2n) is 7.49. The van der Waals surface area contributed by atoms with Crippen LogP contribution >= 0.6 is 7.60 Å². The average Bonchev–Trinajstić information content (AvgIpc) is 3.27. The highest BCUT2D eigenvalue weighted by atomic mass is 31.2. The summed E-state index contributed by atoms with van der Waals surface area (Å²) in [5.41, 5.74) is 1.61. The smallest absolute Gasteiger partial charge is 0.410 e. The van der Waals surface area contributed by atoms with Crippen molar-refractivity contribution in [1.29, 1.82) is 0 Å². The minimum atomic E-state index is -3.17. The Morgan fingerprint density at radius 3 is 2.24 bits per heavy atom. The fraction of sp³-hybridized carbons (Fsp3) is 0.391. The molecule has 178 valence electrons. The SMILES string of the molecule is COC(=O)[C@@H]1C[C@H](Oc2ccc(CP(=O)(OC)OC)cc2)CN1C(=O)OCc1ccccc1. The minimum absolute atomic E-state index is 0.101. The molecule has 2 atom stereocenters. The molecule has 1 aliphatic rings. The maximum Gasteiger partial charge on any atom is 0.410 e. The molecule has 33 heavy (non-hydrogen) atoms. The molecule has 9 nitrogen and oxygen atoms in total. The van der Waals surface area contributed by atoms with Crippen molar-refractivity contribution in [1.82, 2.24) is 4.90 Å². The molecule has 3 rings (SSSR count). The van der Waals surface area contributed by atoms with Crippen LogP contribution in [0.3, 0.4) is 0 Å². The lowest BCUT2D eigenvalue weighted by molar-refractivity contribution is -0.145. The number of hydrogen-bond acceptors (Lipinski definition) is 8. The first-order valence-electron chi connectivity index (χ1n) is 10.4. The van der Waals surface area contributed by atoms with E-state index in [1.165, 1.54) is 26.2 Å². The van der Waals surface area contributed by atoms with E-state index in [1.54, 1.807) is 24.3 Å². The van der Waals surface area contributed by atoms with Crippen LogP contribution in [0.2, 0.25) is 0 Å². The molecule has 1 fully saturated rings. The first-order valence-corrected chi connectivity index (χ1v) is 12.1. The van der Waals surface area contributed by atoms with Gasteiger partial charge in [-0.15, -0.1) is 0 Å². The van der Waals surface area contributed by atoms with Crippen LogP contribution in [0.1, 0.15) is 17.5 Å². The van der Waals surface area contributed by atoms with Crippen molar-refractivity contribution < 1.29 is 37.4 Å². The molecule has 0 saturated carbocycles. The number of ether oxygens (including phenoxy) is 3. The van der Waals surface area contributed by atoms with Gasteiger partial charge in [-0.1, -0.05) is 42.5 Å². The van der Waals surface area contributed by atoms with E-state index >= 15 is 0 Å². The van der Waals surface area contributed by atoms with Crippen LogP contribution < -0.4 is 4.74 Å². The highest BCUT2D eigenvalue weighted by molar-refractivity contribution is 7.52. The number of methoxy groups -OCH3 is 1. The van der Waals surface area contributed by atoms with Gasteiger partial charge in [0, 0.05) is 20.6 Å². The number of carbonyl (C=O) groups excluding carboxylic acids is 2. The van der Waals surface area contributed by atoms with Crippen LogP contribution in [0.5, 0.6) is 5.75 Å².